The maximum atomic E-state index is 11.0. The van der Waals surface area contributed by atoms with Crippen LogP contribution >= 0.6 is 24.0 Å². The summed E-state index contributed by atoms with van der Waals surface area (Å²) in [5, 5.41) is 11.9. The molecule has 130 valence electrons. The number of hydrogen-bond acceptors (Lipinski definition) is 2. The van der Waals surface area contributed by atoms with Crippen LogP contribution in [0.5, 0.6) is 0 Å². The third kappa shape index (κ3) is 3.87. The monoisotopic (exact) mass is 357 g/mol. The van der Waals surface area contributed by atoms with Crippen molar-refractivity contribution in [2.24, 2.45) is 5.41 Å². The fraction of sp³-hybridized carbons (Fsp3) is 0.684. The minimum absolute atomic E-state index is 0. The molecule has 3 rings (SSSR count). The molecule has 2 aliphatic rings. The van der Waals surface area contributed by atoms with E-state index < -0.39 is 5.60 Å². The Morgan fingerprint density at radius 1 is 1.26 bits per heavy atom. The number of piperidine rings is 2. The summed E-state index contributed by atoms with van der Waals surface area (Å²) >= 11 is 6.14. The molecule has 4 heteroatoms. The number of hydrogen-bond donors (Lipinski definition) is 1. The summed E-state index contributed by atoms with van der Waals surface area (Å²) in [6.07, 6.45) is 4.17. The van der Waals surface area contributed by atoms with E-state index >= 15 is 0 Å². The van der Waals surface area contributed by atoms with Gasteiger partial charge in [-0.3, -0.25) is 4.90 Å². The van der Waals surface area contributed by atoms with Crippen LogP contribution in [0.25, 0.3) is 0 Å². The molecule has 0 bridgehead atoms. The lowest BCUT2D eigenvalue weighted by Crippen LogP contribution is -2.57. The van der Waals surface area contributed by atoms with Gasteiger partial charge in [-0.15, -0.1) is 12.4 Å². The molecular weight excluding hydrogens is 329 g/mol. The first-order valence-corrected chi connectivity index (χ1v) is 8.88. The molecule has 1 aromatic carbocycles. The van der Waals surface area contributed by atoms with Gasteiger partial charge in [-0.2, -0.15) is 0 Å². The van der Waals surface area contributed by atoms with Crippen LogP contribution in [0.4, 0.5) is 0 Å². The molecule has 2 aliphatic heterocycles. The average molecular weight is 358 g/mol. The molecule has 2 fully saturated rings. The van der Waals surface area contributed by atoms with Crippen LogP contribution in [0.15, 0.2) is 24.3 Å². The van der Waals surface area contributed by atoms with Crippen molar-refractivity contribution in [3.05, 3.63) is 34.9 Å². The zero-order valence-electron chi connectivity index (χ0n) is 14.4. The van der Waals surface area contributed by atoms with Gasteiger partial charge in [0.15, 0.2) is 0 Å². The van der Waals surface area contributed by atoms with Gasteiger partial charge in [-0.05, 0) is 54.7 Å². The Balaban J connectivity index is 0.00000192. The van der Waals surface area contributed by atoms with Gasteiger partial charge >= 0.3 is 0 Å². The quantitative estimate of drug-likeness (QED) is 0.773. The summed E-state index contributed by atoms with van der Waals surface area (Å²) in [5.74, 6) is 0.579. The third-order valence-electron chi connectivity index (χ3n) is 5.92. The Kier molecular flexibility index (Phi) is 5.73. The van der Waals surface area contributed by atoms with E-state index in [1.54, 1.807) is 0 Å². The lowest BCUT2D eigenvalue weighted by molar-refractivity contribution is -0.122. The van der Waals surface area contributed by atoms with E-state index in [2.05, 4.69) is 43.9 Å². The van der Waals surface area contributed by atoms with Crippen LogP contribution in [-0.4, -0.2) is 34.7 Å². The topological polar surface area (TPSA) is 23.5 Å². The third-order valence-corrected chi connectivity index (χ3v) is 6.16. The van der Waals surface area contributed by atoms with Crippen molar-refractivity contribution < 1.29 is 5.11 Å². The Bertz CT molecular complexity index is 542. The van der Waals surface area contributed by atoms with Crippen molar-refractivity contribution in [2.45, 2.75) is 64.0 Å². The second-order valence-electron chi connectivity index (χ2n) is 8.21. The van der Waals surface area contributed by atoms with Crippen molar-refractivity contribution in [3.8, 4) is 0 Å². The van der Waals surface area contributed by atoms with Gasteiger partial charge in [-0.25, -0.2) is 0 Å². The molecule has 0 amide bonds. The van der Waals surface area contributed by atoms with Crippen LogP contribution in [-0.2, 0) is 0 Å². The average Bonchev–Trinajstić information content (AvgIpc) is 2.45. The minimum Gasteiger partial charge on any atom is -0.389 e. The Morgan fingerprint density at radius 2 is 2.00 bits per heavy atom. The summed E-state index contributed by atoms with van der Waals surface area (Å²) in [5.41, 5.74) is 0.808. The van der Waals surface area contributed by atoms with Crippen LogP contribution in [0, 0.1) is 5.41 Å². The summed E-state index contributed by atoms with van der Waals surface area (Å²) in [6, 6.07) is 8.85. The lowest BCUT2D eigenvalue weighted by atomic mass is 9.67. The highest BCUT2D eigenvalue weighted by molar-refractivity contribution is 6.30. The first kappa shape index (κ1) is 19.1. The van der Waals surface area contributed by atoms with Gasteiger partial charge in [0.1, 0.15) is 0 Å². The highest BCUT2D eigenvalue weighted by atomic mass is 35.5. The maximum absolute atomic E-state index is 11.0. The van der Waals surface area contributed by atoms with E-state index in [9.17, 15) is 5.11 Å². The van der Waals surface area contributed by atoms with Crippen molar-refractivity contribution in [1.82, 2.24) is 4.90 Å². The minimum atomic E-state index is -0.517. The first-order chi connectivity index (χ1) is 10.3. The van der Waals surface area contributed by atoms with Gasteiger partial charge in [0.25, 0.3) is 0 Å². The van der Waals surface area contributed by atoms with Gasteiger partial charge in [-0.1, -0.05) is 44.5 Å². The number of halogens is 2. The Labute approximate surface area is 151 Å². The zero-order valence-corrected chi connectivity index (χ0v) is 16.0. The molecule has 1 aromatic rings. The first-order valence-electron chi connectivity index (χ1n) is 8.50. The number of rotatable bonds is 1. The molecular formula is C19H29Cl2NO. The summed E-state index contributed by atoms with van der Waals surface area (Å²) in [7, 11) is 0. The van der Waals surface area contributed by atoms with Gasteiger partial charge in [0.2, 0.25) is 0 Å². The summed E-state index contributed by atoms with van der Waals surface area (Å²) in [4.78, 5) is 2.59. The molecule has 2 heterocycles. The number of fused-ring (bicyclic) bond motifs is 1. The van der Waals surface area contributed by atoms with Crippen LogP contribution in [0.3, 0.4) is 0 Å². The van der Waals surface area contributed by atoms with E-state index in [1.165, 1.54) is 18.4 Å². The molecule has 0 aromatic heterocycles. The molecule has 2 saturated heterocycles. The van der Waals surface area contributed by atoms with Crippen LogP contribution < -0.4 is 0 Å². The van der Waals surface area contributed by atoms with Crippen molar-refractivity contribution in [2.75, 3.05) is 13.1 Å². The van der Waals surface area contributed by atoms with Gasteiger partial charge in [0.05, 0.1) is 5.60 Å². The normalized spacial score (nSPS) is 32.0. The second-order valence-corrected chi connectivity index (χ2v) is 8.65. The number of aliphatic hydroxyl groups is 1. The summed E-state index contributed by atoms with van der Waals surface area (Å²) < 4.78 is 0. The van der Waals surface area contributed by atoms with E-state index in [-0.39, 0.29) is 17.8 Å². The second kappa shape index (κ2) is 6.92. The Hall–Kier alpha value is -0.280. The fourth-order valence-electron chi connectivity index (χ4n) is 4.14. The molecule has 1 N–H and O–H groups in total. The van der Waals surface area contributed by atoms with Crippen molar-refractivity contribution in [3.63, 3.8) is 0 Å². The van der Waals surface area contributed by atoms with E-state index in [0.29, 0.717) is 12.0 Å². The molecule has 0 spiro atoms. The molecule has 0 unspecified atom stereocenters. The number of nitrogens with zero attached hydrogens (tertiary/aromatic N) is 1. The van der Waals surface area contributed by atoms with Crippen LogP contribution in [0.1, 0.15) is 57.9 Å². The van der Waals surface area contributed by atoms with Gasteiger partial charge < -0.3 is 5.11 Å². The number of benzene rings is 1. The summed E-state index contributed by atoms with van der Waals surface area (Å²) in [6.45, 7) is 8.61. The standard InChI is InChI=1S/C19H28ClNO.ClH/c1-18(2,3)19(22)9-10-21-13-15(7-8-17(21)12-19)14-5-4-6-16(20)11-14;/h4-6,11,15,17,22H,7-10,12-13H2,1-3H3;1H/t15-,17+,19-;/m0./s1. The molecule has 2 nitrogen and oxygen atoms in total. The lowest BCUT2D eigenvalue weighted by Gasteiger charge is -2.52. The predicted octanol–water partition coefficient (Wildman–Crippen LogP) is 4.88. The largest absolute Gasteiger partial charge is 0.389 e. The van der Waals surface area contributed by atoms with Gasteiger partial charge in [0, 0.05) is 24.2 Å². The van der Waals surface area contributed by atoms with Crippen molar-refractivity contribution in [1.29, 1.82) is 0 Å². The fourth-order valence-corrected chi connectivity index (χ4v) is 4.34. The molecule has 0 radical (unpaired) electrons. The molecule has 23 heavy (non-hydrogen) atoms. The highest BCUT2D eigenvalue weighted by Gasteiger charge is 2.47. The van der Waals surface area contributed by atoms with E-state index in [0.717, 1.165) is 31.0 Å². The highest BCUT2D eigenvalue weighted by Crippen LogP contribution is 2.44. The predicted molar refractivity (Wildman–Crippen MR) is 99.7 cm³/mol. The van der Waals surface area contributed by atoms with Crippen LogP contribution in [0.2, 0.25) is 5.02 Å². The van der Waals surface area contributed by atoms with E-state index in [1.807, 2.05) is 6.07 Å². The van der Waals surface area contributed by atoms with E-state index in [4.69, 9.17) is 11.6 Å². The SMILES string of the molecule is CC(C)(C)[C@]1(O)CCN2C[C@@H](c3cccc(Cl)c3)CC[C@@H]2C1.Cl. The Morgan fingerprint density at radius 3 is 2.65 bits per heavy atom. The maximum Gasteiger partial charge on any atom is 0.0722 e. The smallest absolute Gasteiger partial charge is 0.0722 e. The molecule has 3 atom stereocenters. The zero-order chi connectivity index (χ0) is 16.0. The molecule has 0 saturated carbocycles. The van der Waals surface area contributed by atoms with Crippen molar-refractivity contribution >= 4 is 24.0 Å². The molecule has 0 aliphatic carbocycles.